The lowest BCUT2D eigenvalue weighted by atomic mass is 10.1. The summed E-state index contributed by atoms with van der Waals surface area (Å²) < 4.78 is 27.7. The van der Waals surface area contributed by atoms with E-state index in [9.17, 15) is 8.42 Å². The Hall–Kier alpha value is -1.85. The molecule has 1 N–H and O–H groups in total. The van der Waals surface area contributed by atoms with E-state index in [0.29, 0.717) is 9.90 Å². The third kappa shape index (κ3) is 2.42. The van der Waals surface area contributed by atoms with Crippen LogP contribution in [-0.4, -0.2) is 8.42 Å². The quantitative estimate of drug-likeness (QED) is 0.794. The molecule has 0 bridgehead atoms. The Balaban J connectivity index is 2.05. The number of anilines is 1. The van der Waals surface area contributed by atoms with Gasteiger partial charge < -0.3 is 0 Å². The number of thiophene rings is 1. The van der Waals surface area contributed by atoms with Crippen molar-refractivity contribution in [2.24, 2.45) is 0 Å². The lowest BCUT2D eigenvalue weighted by Crippen LogP contribution is -2.11. The van der Waals surface area contributed by atoms with Crippen molar-refractivity contribution in [2.75, 3.05) is 4.72 Å². The van der Waals surface area contributed by atoms with Gasteiger partial charge in [-0.1, -0.05) is 36.4 Å². The summed E-state index contributed by atoms with van der Waals surface area (Å²) in [6.45, 7) is 1.89. The van der Waals surface area contributed by atoms with Crippen LogP contribution in [0.1, 0.15) is 4.88 Å². The van der Waals surface area contributed by atoms with Crippen molar-refractivity contribution in [3.05, 3.63) is 59.5 Å². The van der Waals surface area contributed by atoms with E-state index in [4.69, 9.17) is 0 Å². The van der Waals surface area contributed by atoms with E-state index in [1.165, 1.54) is 11.3 Å². The second-order valence-electron chi connectivity index (χ2n) is 4.50. The molecule has 0 amide bonds. The smallest absolute Gasteiger partial charge is 0.271 e. The van der Waals surface area contributed by atoms with Crippen LogP contribution in [-0.2, 0) is 10.0 Å². The molecule has 0 aliphatic heterocycles. The highest BCUT2D eigenvalue weighted by molar-refractivity contribution is 7.94. The molecule has 0 fully saturated rings. The van der Waals surface area contributed by atoms with Crippen molar-refractivity contribution in [3.63, 3.8) is 0 Å². The van der Waals surface area contributed by atoms with Crippen LogP contribution in [0.5, 0.6) is 0 Å². The summed E-state index contributed by atoms with van der Waals surface area (Å²) in [7, 11) is -3.52. The first-order chi connectivity index (χ1) is 9.56. The van der Waals surface area contributed by atoms with E-state index in [1.807, 2.05) is 49.4 Å². The molecule has 0 unspecified atom stereocenters. The molecule has 3 aromatic rings. The Morgan fingerprint density at radius 1 is 0.950 bits per heavy atom. The second-order valence-corrected chi connectivity index (χ2v) is 7.69. The van der Waals surface area contributed by atoms with Crippen molar-refractivity contribution in [2.45, 2.75) is 11.1 Å². The van der Waals surface area contributed by atoms with Gasteiger partial charge in [0.05, 0.1) is 5.69 Å². The SMILES string of the molecule is Cc1ccc(S(=O)(=O)Nc2cccc3ccccc23)s1. The van der Waals surface area contributed by atoms with Crippen LogP contribution in [0.3, 0.4) is 0 Å². The van der Waals surface area contributed by atoms with Gasteiger partial charge in [0, 0.05) is 10.3 Å². The van der Waals surface area contributed by atoms with Gasteiger partial charge in [-0.15, -0.1) is 11.3 Å². The zero-order valence-electron chi connectivity index (χ0n) is 10.8. The molecule has 0 saturated heterocycles. The summed E-state index contributed by atoms with van der Waals surface area (Å²) in [5.74, 6) is 0. The number of hydrogen-bond acceptors (Lipinski definition) is 3. The van der Waals surface area contributed by atoms with E-state index in [0.717, 1.165) is 15.6 Å². The molecule has 0 aliphatic rings. The minimum atomic E-state index is -3.52. The molecule has 102 valence electrons. The van der Waals surface area contributed by atoms with Crippen molar-refractivity contribution >= 4 is 37.8 Å². The third-order valence-electron chi connectivity index (χ3n) is 3.01. The highest BCUT2D eigenvalue weighted by Crippen LogP contribution is 2.27. The Morgan fingerprint density at radius 2 is 1.70 bits per heavy atom. The van der Waals surface area contributed by atoms with Crippen molar-refractivity contribution in [1.29, 1.82) is 0 Å². The Morgan fingerprint density at radius 3 is 2.45 bits per heavy atom. The molecule has 0 atom stereocenters. The van der Waals surface area contributed by atoms with Crippen LogP contribution in [0.25, 0.3) is 10.8 Å². The average Bonchev–Trinajstić information content (AvgIpc) is 2.86. The number of sulfonamides is 1. The molecule has 1 aromatic heterocycles. The fourth-order valence-corrected chi connectivity index (χ4v) is 4.43. The highest BCUT2D eigenvalue weighted by atomic mass is 32.2. The van der Waals surface area contributed by atoms with Crippen molar-refractivity contribution in [3.8, 4) is 0 Å². The molecule has 0 spiro atoms. The number of fused-ring (bicyclic) bond motifs is 1. The predicted molar refractivity (Wildman–Crippen MR) is 83.8 cm³/mol. The van der Waals surface area contributed by atoms with Gasteiger partial charge in [-0.05, 0) is 30.5 Å². The molecule has 0 aliphatic carbocycles. The normalized spacial score (nSPS) is 11.7. The third-order valence-corrected chi connectivity index (χ3v) is 5.87. The maximum atomic E-state index is 12.4. The van der Waals surface area contributed by atoms with Gasteiger partial charge in [0.15, 0.2) is 0 Å². The Labute approximate surface area is 121 Å². The molecule has 20 heavy (non-hydrogen) atoms. The first kappa shape index (κ1) is 13.1. The number of aryl methyl sites for hydroxylation is 1. The second kappa shape index (κ2) is 4.92. The van der Waals surface area contributed by atoms with Gasteiger partial charge in [0.25, 0.3) is 10.0 Å². The Bertz CT molecular complexity index is 861. The van der Waals surface area contributed by atoms with Crippen LogP contribution in [0.4, 0.5) is 5.69 Å². The topological polar surface area (TPSA) is 46.2 Å². The van der Waals surface area contributed by atoms with Gasteiger partial charge >= 0.3 is 0 Å². The van der Waals surface area contributed by atoms with Crippen molar-refractivity contribution < 1.29 is 8.42 Å². The van der Waals surface area contributed by atoms with E-state index in [2.05, 4.69) is 4.72 Å². The molecule has 1 heterocycles. The minimum Gasteiger partial charge on any atom is -0.278 e. The fourth-order valence-electron chi connectivity index (χ4n) is 2.07. The van der Waals surface area contributed by atoms with E-state index in [-0.39, 0.29) is 0 Å². The summed E-state index contributed by atoms with van der Waals surface area (Å²) >= 11 is 1.27. The number of benzene rings is 2. The van der Waals surface area contributed by atoms with Gasteiger partial charge in [-0.25, -0.2) is 8.42 Å². The maximum absolute atomic E-state index is 12.4. The largest absolute Gasteiger partial charge is 0.278 e. The minimum absolute atomic E-state index is 0.336. The zero-order valence-corrected chi connectivity index (χ0v) is 12.5. The van der Waals surface area contributed by atoms with Crippen LogP contribution in [0, 0.1) is 6.92 Å². The van der Waals surface area contributed by atoms with Crippen LogP contribution in [0.15, 0.2) is 58.8 Å². The molecule has 3 nitrogen and oxygen atoms in total. The summed E-state index contributed by atoms with van der Waals surface area (Å²) in [4.78, 5) is 0.975. The lowest BCUT2D eigenvalue weighted by molar-refractivity contribution is 0.603. The average molecular weight is 303 g/mol. The van der Waals surface area contributed by atoms with Crippen LogP contribution in [0.2, 0.25) is 0 Å². The molecule has 3 rings (SSSR count). The fraction of sp³-hybridized carbons (Fsp3) is 0.0667. The maximum Gasteiger partial charge on any atom is 0.271 e. The zero-order chi connectivity index (χ0) is 14.2. The van der Waals surface area contributed by atoms with Gasteiger partial charge in [0.2, 0.25) is 0 Å². The first-order valence-corrected chi connectivity index (χ1v) is 8.43. The van der Waals surface area contributed by atoms with Gasteiger partial charge in [-0.3, -0.25) is 4.72 Å². The van der Waals surface area contributed by atoms with E-state index >= 15 is 0 Å². The van der Waals surface area contributed by atoms with Crippen molar-refractivity contribution in [1.82, 2.24) is 0 Å². The monoisotopic (exact) mass is 303 g/mol. The molecule has 5 heteroatoms. The number of hydrogen-bond donors (Lipinski definition) is 1. The summed E-state index contributed by atoms with van der Waals surface area (Å²) in [6, 6.07) is 16.7. The van der Waals surface area contributed by atoms with E-state index < -0.39 is 10.0 Å². The number of rotatable bonds is 3. The molecule has 0 saturated carbocycles. The molecule has 2 aromatic carbocycles. The standard InChI is InChI=1S/C15H13NO2S2/c1-11-9-10-15(19-11)20(17,18)16-14-8-4-6-12-5-2-3-7-13(12)14/h2-10,16H,1H3. The highest BCUT2D eigenvalue weighted by Gasteiger charge is 2.17. The van der Waals surface area contributed by atoms with Crippen LogP contribution < -0.4 is 4.72 Å². The predicted octanol–water partition coefficient (Wildman–Crippen LogP) is 4.01. The van der Waals surface area contributed by atoms with Crippen LogP contribution >= 0.6 is 11.3 Å². The molecular formula is C15H13NO2S2. The first-order valence-electron chi connectivity index (χ1n) is 6.13. The summed E-state index contributed by atoms with van der Waals surface area (Å²) in [5, 5.41) is 1.90. The number of nitrogens with one attached hydrogen (secondary N) is 1. The lowest BCUT2D eigenvalue weighted by Gasteiger charge is -2.09. The van der Waals surface area contributed by atoms with Gasteiger partial charge in [-0.2, -0.15) is 0 Å². The summed E-state index contributed by atoms with van der Waals surface area (Å²) in [6.07, 6.45) is 0. The van der Waals surface area contributed by atoms with Gasteiger partial charge in [0.1, 0.15) is 4.21 Å². The van der Waals surface area contributed by atoms with E-state index in [1.54, 1.807) is 12.1 Å². The molecule has 0 radical (unpaired) electrons. The summed E-state index contributed by atoms with van der Waals surface area (Å²) in [5.41, 5.74) is 0.606. The Kier molecular flexibility index (Phi) is 3.23. The molecular weight excluding hydrogens is 290 g/mol.